The standard InChI is InChI=1S/C19H22N4O/c1-14(2)12-23-13-16(17-6-4-9-21-18(17)23)7-10-22-19(24)15-5-3-8-20-11-15/h3-6,8-9,11,13-14H,7,10,12H2,1-2H3,(H,22,24). The van der Waals surface area contributed by atoms with E-state index in [0.29, 0.717) is 18.0 Å². The van der Waals surface area contributed by atoms with Crippen LogP contribution in [0.3, 0.4) is 0 Å². The van der Waals surface area contributed by atoms with Crippen LogP contribution >= 0.6 is 0 Å². The highest BCUT2D eigenvalue weighted by molar-refractivity contribution is 5.93. The minimum absolute atomic E-state index is 0.0906. The number of aromatic nitrogens is 3. The Morgan fingerprint density at radius 1 is 1.25 bits per heavy atom. The first-order valence-electron chi connectivity index (χ1n) is 8.26. The van der Waals surface area contributed by atoms with Crippen LogP contribution in [-0.2, 0) is 13.0 Å². The monoisotopic (exact) mass is 322 g/mol. The third-order valence-corrected chi connectivity index (χ3v) is 3.88. The van der Waals surface area contributed by atoms with Crippen molar-refractivity contribution in [3.63, 3.8) is 0 Å². The maximum atomic E-state index is 12.1. The van der Waals surface area contributed by atoms with Crippen LogP contribution in [0.25, 0.3) is 11.0 Å². The molecule has 24 heavy (non-hydrogen) atoms. The van der Waals surface area contributed by atoms with Crippen molar-refractivity contribution in [2.75, 3.05) is 6.54 Å². The zero-order chi connectivity index (χ0) is 16.9. The van der Waals surface area contributed by atoms with Crippen molar-refractivity contribution in [1.29, 1.82) is 0 Å². The Balaban J connectivity index is 1.70. The quantitative estimate of drug-likeness (QED) is 0.759. The van der Waals surface area contributed by atoms with Crippen LogP contribution in [0.2, 0.25) is 0 Å². The third kappa shape index (κ3) is 3.62. The number of fused-ring (bicyclic) bond motifs is 1. The van der Waals surface area contributed by atoms with Crippen molar-refractivity contribution in [1.82, 2.24) is 19.9 Å². The first-order chi connectivity index (χ1) is 11.6. The Labute approximate surface area is 141 Å². The maximum absolute atomic E-state index is 12.1. The zero-order valence-electron chi connectivity index (χ0n) is 14.1. The molecule has 0 saturated heterocycles. The average Bonchev–Trinajstić information content (AvgIpc) is 2.93. The van der Waals surface area contributed by atoms with Gasteiger partial charge in [0.25, 0.3) is 5.91 Å². The Morgan fingerprint density at radius 2 is 2.08 bits per heavy atom. The van der Waals surface area contributed by atoms with Crippen LogP contribution < -0.4 is 5.32 Å². The molecule has 0 aromatic carbocycles. The van der Waals surface area contributed by atoms with Crippen molar-refractivity contribution in [3.8, 4) is 0 Å². The highest BCUT2D eigenvalue weighted by atomic mass is 16.1. The SMILES string of the molecule is CC(C)Cn1cc(CCNC(=O)c2cccnc2)c2cccnc21. The van der Waals surface area contributed by atoms with Crippen molar-refractivity contribution < 1.29 is 4.79 Å². The highest BCUT2D eigenvalue weighted by Gasteiger charge is 2.11. The second-order valence-electron chi connectivity index (χ2n) is 6.32. The molecule has 3 aromatic rings. The molecule has 5 nitrogen and oxygen atoms in total. The van der Waals surface area contributed by atoms with Gasteiger partial charge in [-0.05, 0) is 42.2 Å². The number of carbonyl (C=O) groups is 1. The Kier molecular flexibility index (Phi) is 4.89. The first kappa shape index (κ1) is 16.2. The Morgan fingerprint density at radius 3 is 2.83 bits per heavy atom. The van der Waals surface area contributed by atoms with Gasteiger partial charge in [-0.3, -0.25) is 9.78 Å². The van der Waals surface area contributed by atoms with Gasteiger partial charge in [-0.25, -0.2) is 4.98 Å². The molecule has 3 rings (SSSR count). The lowest BCUT2D eigenvalue weighted by atomic mass is 10.1. The number of amides is 1. The van der Waals surface area contributed by atoms with Gasteiger partial charge in [-0.2, -0.15) is 0 Å². The lowest BCUT2D eigenvalue weighted by Gasteiger charge is -2.06. The number of pyridine rings is 2. The number of nitrogens with one attached hydrogen (secondary N) is 1. The van der Waals surface area contributed by atoms with Gasteiger partial charge >= 0.3 is 0 Å². The van der Waals surface area contributed by atoms with E-state index < -0.39 is 0 Å². The molecular formula is C19H22N4O. The lowest BCUT2D eigenvalue weighted by molar-refractivity contribution is 0.0954. The van der Waals surface area contributed by atoms with Gasteiger partial charge in [-0.1, -0.05) is 13.8 Å². The number of carbonyl (C=O) groups excluding carboxylic acids is 1. The van der Waals surface area contributed by atoms with E-state index in [9.17, 15) is 4.79 Å². The van der Waals surface area contributed by atoms with E-state index in [1.54, 1.807) is 24.5 Å². The zero-order valence-corrected chi connectivity index (χ0v) is 14.1. The molecule has 3 aromatic heterocycles. The van der Waals surface area contributed by atoms with E-state index in [1.165, 1.54) is 5.56 Å². The van der Waals surface area contributed by atoms with E-state index in [4.69, 9.17) is 0 Å². The van der Waals surface area contributed by atoms with Crippen LogP contribution in [0.1, 0.15) is 29.8 Å². The van der Waals surface area contributed by atoms with E-state index >= 15 is 0 Å². The van der Waals surface area contributed by atoms with Crippen LogP contribution in [0, 0.1) is 5.92 Å². The predicted octanol–water partition coefficient (Wildman–Crippen LogP) is 3.06. The summed E-state index contributed by atoms with van der Waals surface area (Å²) in [7, 11) is 0. The van der Waals surface area contributed by atoms with Gasteiger partial charge in [0.2, 0.25) is 0 Å². The van der Waals surface area contributed by atoms with E-state index in [1.807, 2.05) is 12.3 Å². The minimum atomic E-state index is -0.0906. The molecular weight excluding hydrogens is 300 g/mol. The molecule has 124 valence electrons. The third-order valence-electron chi connectivity index (χ3n) is 3.88. The number of nitrogens with zero attached hydrogens (tertiary/aromatic N) is 3. The largest absolute Gasteiger partial charge is 0.352 e. The summed E-state index contributed by atoms with van der Waals surface area (Å²) in [4.78, 5) is 20.6. The molecule has 0 spiro atoms. The Hall–Kier alpha value is -2.69. The van der Waals surface area contributed by atoms with Crippen LogP contribution in [0.15, 0.2) is 49.1 Å². The summed E-state index contributed by atoms with van der Waals surface area (Å²) in [6.45, 7) is 5.92. The minimum Gasteiger partial charge on any atom is -0.352 e. The second-order valence-corrected chi connectivity index (χ2v) is 6.32. The fourth-order valence-corrected chi connectivity index (χ4v) is 2.84. The summed E-state index contributed by atoms with van der Waals surface area (Å²) in [6, 6.07) is 7.58. The van der Waals surface area contributed by atoms with Crippen LogP contribution in [0.5, 0.6) is 0 Å². The van der Waals surface area contributed by atoms with Crippen LogP contribution in [0.4, 0.5) is 0 Å². The normalized spacial score (nSPS) is 11.1. The molecule has 5 heteroatoms. The summed E-state index contributed by atoms with van der Waals surface area (Å²) in [5, 5.41) is 4.11. The van der Waals surface area contributed by atoms with Gasteiger partial charge in [0, 0.05) is 43.3 Å². The molecule has 1 N–H and O–H groups in total. The van der Waals surface area contributed by atoms with E-state index in [-0.39, 0.29) is 5.91 Å². The molecule has 0 bridgehead atoms. The molecule has 0 aliphatic carbocycles. The first-order valence-corrected chi connectivity index (χ1v) is 8.26. The predicted molar refractivity (Wildman–Crippen MR) is 94.8 cm³/mol. The van der Waals surface area contributed by atoms with Crippen molar-refractivity contribution in [3.05, 3.63) is 60.2 Å². The summed E-state index contributed by atoms with van der Waals surface area (Å²) < 4.78 is 2.21. The Bertz CT molecular complexity index is 824. The maximum Gasteiger partial charge on any atom is 0.252 e. The molecule has 0 atom stereocenters. The van der Waals surface area contributed by atoms with E-state index in [0.717, 1.165) is 24.0 Å². The molecule has 0 aliphatic rings. The molecule has 0 aliphatic heterocycles. The fourth-order valence-electron chi connectivity index (χ4n) is 2.84. The van der Waals surface area contributed by atoms with E-state index in [2.05, 4.69) is 46.0 Å². The van der Waals surface area contributed by atoms with Gasteiger partial charge in [0.15, 0.2) is 0 Å². The van der Waals surface area contributed by atoms with Gasteiger partial charge in [-0.15, -0.1) is 0 Å². The topological polar surface area (TPSA) is 59.8 Å². The summed E-state index contributed by atoms with van der Waals surface area (Å²) in [5.74, 6) is 0.466. The van der Waals surface area contributed by atoms with Crippen molar-refractivity contribution >= 4 is 16.9 Å². The average molecular weight is 322 g/mol. The van der Waals surface area contributed by atoms with Crippen molar-refractivity contribution in [2.45, 2.75) is 26.8 Å². The summed E-state index contributed by atoms with van der Waals surface area (Å²) in [5.41, 5.74) is 2.81. The molecule has 0 fully saturated rings. The van der Waals surface area contributed by atoms with Gasteiger partial charge in [0.1, 0.15) is 5.65 Å². The lowest BCUT2D eigenvalue weighted by Crippen LogP contribution is -2.25. The second kappa shape index (κ2) is 7.25. The highest BCUT2D eigenvalue weighted by Crippen LogP contribution is 2.20. The molecule has 0 radical (unpaired) electrons. The molecule has 0 saturated carbocycles. The fraction of sp³-hybridized carbons (Fsp3) is 0.316. The number of hydrogen-bond donors (Lipinski definition) is 1. The smallest absolute Gasteiger partial charge is 0.252 e. The summed E-state index contributed by atoms with van der Waals surface area (Å²) in [6.07, 6.45) is 8.00. The molecule has 0 unspecified atom stereocenters. The molecule has 3 heterocycles. The number of rotatable bonds is 6. The van der Waals surface area contributed by atoms with Crippen LogP contribution in [-0.4, -0.2) is 27.0 Å². The number of hydrogen-bond acceptors (Lipinski definition) is 3. The summed E-state index contributed by atoms with van der Waals surface area (Å²) >= 11 is 0. The van der Waals surface area contributed by atoms with Gasteiger partial charge < -0.3 is 9.88 Å². The van der Waals surface area contributed by atoms with Gasteiger partial charge in [0.05, 0.1) is 5.56 Å². The van der Waals surface area contributed by atoms with Crippen molar-refractivity contribution in [2.24, 2.45) is 5.92 Å². The molecule has 1 amide bonds.